The van der Waals surface area contributed by atoms with Crippen LogP contribution in [0.15, 0.2) is 18.5 Å². The molecule has 110 valence electrons. The zero-order chi connectivity index (χ0) is 14.7. The Morgan fingerprint density at radius 2 is 1.86 bits per heavy atom. The third-order valence-corrected chi connectivity index (χ3v) is 4.79. The summed E-state index contributed by atoms with van der Waals surface area (Å²) >= 11 is 2.36. The Balaban J connectivity index is 2.08. The topological polar surface area (TPSA) is 63.6 Å². The highest BCUT2D eigenvalue weighted by atomic mass is 127. The molecular weight excluding hydrogens is 377 g/mol. The van der Waals surface area contributed by atoms with Gasteiger partial charge in [0.25, 0.3) is 0 Å². The van der Waals surface area contributed by atoms with Crippen molar-refractivity contribution in [2.75, 3.05) is 11.9 Å². The lowest BCUT2D eigenvalue weighted by molar-refractivity contribution is 0.690. The number of hydrogen-bond acceptors (Lipinski definition) is 5. The molecule has 0 atom stereocenters. The summed E-state index contributed by atoms with van der Waals surface area (Å²) < 4.78 is 1.14. The van der Waals surface area contributed by atoms with Crippen LogP contribution in [0.4, 0.5) is 5.82 Å². The van der Waals surface area contributed by atoms with Gasteiger partial charge in [0.2, 0.25) is 0 Å². The Kier molecular flexibility index (Phi) is 4.62. The minimum atomic E-state index is 0.541. The van der Waals surface area contributed by atoms with Crippen LogP contribution in [0.5, 0.6) is 0 Å². The summed E-state index contributed by atoms with van der Waals surface area (Å²) in [5.41, 5.74) is 1.15. The average Bonchev–Trinajstić information content (AvgIpc) is 3.04. The lowest BCUT2D eigenvalue weighted by Gasteiger charge is -2.15. The molecule has 0 unspecified atom stereocenters. The van der Waals surface area contributed by atoms with E-state index in [9.17, 15) is 0 Å². The average molecular weight is 395 g/mol. The van der Waals surface area contributed by atoms with Gasteiger partial charge in [-0.05, 0) is 48.4 Å². The van der Waals surface area contributed by atoms with Crippen molar-refractivity contribution in [3.8, 4) is 11.6 Å². The Labute approximate surface area is 138 Å². The summed E-state index contributed by atoms with van der Waals surface area (Å²) in [5.74, 6) is 2.65. The number of nitrogens with one attached hydrogen (secondary N) is 1. The minimum Gasteiger partial charge on any atom is -0.369 e. The second kappa shape index (κ2) is 6.64. The van der Waals surface area contributed by atoms with E-state index in [4.69, 9.17) is 4.98 Å². The van der Waals surface area contributed by atoms with Crippen LogP contribution >= 0.6 is 22.6 Å². The van der Waals surface area contributed by atoms with E-state index in [1.54, 1.807) is 18.5 Å². The van der Waals surface area contributed by atoms with Gasteiger partial charge in [-0.15, -0.1) is 0 Å². The predicted octanol–water partition coefficient (Wildman–Crippen LogP) is 3.63. The first-order chi connectivity index (χ1) is 10.3. The van der Waals surface area contributed by atoms with Crippen molar-refractivity contribution in [1.82, 2.24) is 19.9 Å². The molecule has 2 aromatic heterocycles. The van der Waals surface area contributed by atoms with E-state index in [0.717, 1.165) is 21.6 Å². The van der Waals surface area contributed by atoms with Gasteiger partial charge in [0, 0.05) is 24.9 Å². The molecule has 1 saturated carbocycles. The van der Waals surface area contributed by atoms with Crippen LogP contribution in [-0.4, -0.2) is 26.5 Å². The lowest BCUT2D eigenvalue weighted by atomic mass is 10.0. The fourth-order valence-corrected chi connectivity index (χ4v) is 3.61. The fourth-order valence-electron chi connectivity index (χ4n) is 2.73. The van der Waals surface area contributed by atoms with Crippen LogP contribution in [0.1, 0.15) is 44.2 Å². The Hall–Kier alpha value is -1.31. The highest BCUT2D eigenvalue weighted by molar-refractivity contribution is 14.1. The zero-order valence-electron chi connectivity index (χ0n) is 12.0. The van der Waals surface area contributed by atoms with Crippen LogP contribution in [0.3, 0.4) is 0 Å². The first kappa shape index (κ1) is 14.6. The highest BCUT2D eigenvalue weighted by Gasteiger charge is 2.24. The van der Waals surface area contributed by atoms with Crippen LogP contribution in [0.2, 0.25) is 0 Å². The molecule has 1 fully saturated rings. The molecular formula is C15H18IN5. The van der Waals surface area contributed by atoms with Gasteiger partial charge in [-0.2, -0.15) is 0 Å². The van der Waals surface area contributed by atoms with Crippen molar-refractivity contribution in [3.63, 3.8) is 0 Å². The fraction of sp³-hybridized carbons (Fsp3) is 0.467. The summed E-state index contributed by atoms with van der Waals surface area (Å²) in [5, 5.41) is 3.34. The van der Waals surface area contributed by atoms with Gasteiger partial charge in [-0.25, -0.2) is 19.9 Å². The molecule has 0 radical (unpaired) electrons. The molecule has 6 heteroatoms. The molecule has 3 rings (SSSR count). The third kappa shape index (κ3) is 3.14. The molecule has 5 nitrogen and oxygen atoms in total. The van der Waals surface area contributed by atoms with Crippen molar-refractivity contribution >= 4 is 28.4 Å². The first-order valence-electron chi connectivity index (χ1n) is 7.38. The largest absolute Gasteiger partial charge is 0.369 e. The van der Waals surface area contributed by atoms with E-state index in [1.165, 1.54) is 25.7 Å². The zero-order valence-corrected chi connectivity index (χ0v) is 14.2. The van der Waals surface area contributed by atoms with E-state index in [-0.39, 0.29) is 0 Å². The molecule has 2 aromatic rings. The van der Waals surface area contributed by atoms with E-state index in [2.05, 4.69) is 49.8 Å². The van der Waals surface area contributed by atoms with E-state index < -0.39 is 0 Å². The summed E-state index contributed by atoms with van der Waals surface area (Å²) in [6.45, 7) is 2.92. The van der Waals surface area contributed by atoms with Crippen LogP contribution in [-0.2, 0) is 0 Å². The van der Waals surface area contributed by atoms with Gasteiger partial charge in [-0.1, -0.05) is 12.8 Å². The number of nitrogens with zero attached hydrogens (tertiary/aromatic N) is 4. The SMILES string of the molecule is CCNc1nc(-c2ncccn2)nc(C2CCCC2)c1I. The molecule has 0 spiro atoms. The molecule has 1 aliphatic rings. The molecule has 0 amide bonds. The second-order valence-electron chi connectivity index (χ2n) is 5.18. The first-order valence-corrected chi connectivity index (χ1v) is 8.46. The highest BCUT2D eigenvalue weighted by Crippen LogP contribution is 2.37. The van der Waals surface area contributed by atoms with Crippen LogP contribution < -0.4 is 5.32 Å². The maximum atomic E-state index is 4.78. The summed E-state index contributed by atoms with van der Waals surface area (Å²) in [4.78, 5) is 18.0. The van der Waals surface area contributed by atoms with Crippen molar-refractivity contribution in [3.05, 3.63) is 27.7 Å². The van der Waals surface area contributed by atoms with Gasteiger partial charge in [-0.3, -0.25) is 0 Å². The molecule has 2 heterocycles. The Morgan fingerprint density at radius 1 is 1.14 bits per heavy atom. The second-order valence-corrected chi connectivity index (χ2v) is 6.26. The lowest BCUT2D eigenvalue weighted by Crippen LogP contribution is -2.10. The van der Waals surface area contributed by atoms with Crippen molar-refractivity contribution in [2.45, 2.75) is 38.5 Å². The third-order valence-electron chi connectivity index (χ3n) is 3.73. The van der Waals surface area contributed by atoms with Gasteiger partial charge in [0.1, 0.15) is 5.82 Å². The maximum Gasteiger partial charge on any atom is 0.200 e. The molecule has 1 aliphatic carbocycles. The maximum absolute atomic E-state index is 4.78. The molecule has 0 aromatic carbocycles. The Morgan fingerprint density at radius 3 is 2.52 bits per heavy atom. The number of hydrogen-bond donors (Lipinski definition) is 1. The van der Waals surface area contributed by atoms with Gasteiger partial charge in [0.15, 0.2) is 11.6 Å². The van der Waals surface area contributed by atoms with E-state index in [1.807, 2.05) is 0 Å². The molecule has 0 aliphatic heterocycles. The summed E-state index contributed by atoms with van der Waals surface area (Å²) in [6.07, 6.45) is 8.47. The number of anilines is 1. The minimum absolute atomic E-state index is 0.541. The monoisotopic (exact) mass is 395 g/mol. The number of rotatable bonds is 4. The normalized spacial score (nSPS) is 15.3. The van der Waals surface area contributed by atoms with Crippen LogP contribution in [0.25, 0.3) is 11.6 Å². The summed E-state index contributed by atoms with van der Waals surface area (Å²) in [6, 6.07) is 1.80. The standard InChI is InChI=1S/C15H18IN5/c1-2-17-13-11(16)12(10-6-3-4-7-10)20-15(21-13)14-18-8-5-9-19-14/h5,8-10H,2-4,6-7H2,1H3,(H,17,20,21). The molecule has 21 heavy (non-hydrogen) atoms. The van der Waals surface area contributed by atoms with Crippen molar-refractivity contribution in [1.29, 1.82) is 0 Å². The summed E-state index contributed by atoms with van der Waals surface area (Å²) in [7, 11) is 0. The predicted molar refractivity (Wildman–Crippen MR) is 91.1 cm³/mol. The van der Waals surface area contributed by atoms with Crippen LogP contribution in [0, 0.1) is 3.57 Å². The van der Waals surface area contributed by atoms with Gasteiger partial charge in [0.05, 0.1) is 9.26 Å². The molecule has 0 saturated heterocycles. The van der Waals surface area contributed by atoms with Crippen molar-refractivity contribution in [2.24, 2.45) is 0 Å². The van der Waals surface area contributed by atoms with Gasteiger partial charge < -0.3 is 5.32 Å². The quantitative estimate of drug-likeness (QED) is 0.802. The van der Waals surface area contributed by atoms with Crippen molar-refractivity contribution < 1.29 is 0 Å². The number of aromatic nitrogens is 4. The Bertz CT molecular complexity index is 611. The molecule has 1 N–H and O–H groups in total. The van der Waals surface area contributed by atoms with Gasteiger partial charge >= 0.3 is 0 Å². The van der Waals surface area contributed by atoms with E-state index in [0.29, 0.717) is 17.6 Å². The van der Waals surface area contributed by atoms with E-state index >= 15 is 0 Å². The smallest absolute Gasteiger partial charge is 0.200 e. The number of halogens is 1. The molecule has 0 bridgehead atoms.